The molecule has 3 rings (SSSR count). The Balaban J connectivity index is 1.46. The van der Waals surface area contributed by atoms with Gasteiger partial charge in [0, 0.05) is 45.2 Å². The van der Waals surface area contributed by atoms with Crippen molar-refractivity contribution in [3.8, 4) is 5.88 Å². The number of aryl methyl sites for hydroxylation is 1. The van der Waals surface area contributed by atoms with Crippen LogP contribution in [0.25, 0.3) is 0 Å². The zero-order chi connectivity index (χ0) is 16.8. The van der Waals surface area contributed by atoms with Gasteiger partial charge in [-0.1, -0.05) is 11.2 Å². The summed E-state index contributed by atoms with van der Waals surface area (Å²) in [6.45, 7) is 4.19. The van der Waals surface area contributed by atoms with Gasteiger partial charge in [-0.2, -0.15) is 4.98 Å². The number of nitrogens with zero attached hydrogens (tertiary/aromatic N) is 5. The minimum absolute atomic E-state index is 0.122. The van der Waals surface area contributed by atoms with Crippen LogP contribution >= 0.6 is 0 Å². The fourth-order valence-corrected chi connectivity index (χ4v) is 2.66. The van der Waals surface area contributed by atoms with Gasteiger partial charge in [-0.15, -0.1) is 0 Å². The summed E-state index contributed by atoms with van der Waals surface area (Å²) in [6, 6.07) is 5.68. The maximum absolute atomic E-state index is 5.91. The standard InChI is InChI=1S/C16H22N6O2/c1-12-20-15(24-21-12)6-9-19-16(17-2)22-10-7-13(11-22)23-14-5-3-4-8-18-14/h3-5,8,13H,6-7,9-11H2,1-2H3,(H,17,19). The molecule has 0 bridgehead atoms. The molecule has 8 heteroatoms. The van der Waals surface area contributed by atoms with Gasteiger partial charge < -0.3 is 19.5 Å². The molecule has 0 amide bonds. The molecular weight excluding hydrogens is 308 g/mol. The second kappa shape index (κ2) is 7.76. The zero-order valence-corrected chi connectivity index (χ0v) is 14.0. The lowest BCUT2D eigenvalue weighted by atomic mass is 10.3. The van der Waals surface area contributed by atoms with Crippen LogP contribution in [0.15, 0.2) is 33.9 Å². The van der Waals surface area contributed by atoms with Crippen LogP contribution in [-0.2, 0) is 6.42 Å². The summed E-state index contributed by atoms with van der Waals surface area (Å²) in [5, 5.41) is 7.12. The molecule has 1 atom stereocenters. The largest absolute Gasteiger partial charge is 0.472 e. The van der Waals surface area contributed by atoms with Crippen molar-refractivity contribution in [3.05, 3.63) is 36.1 Å². The first-order chi connectivity index (χ1) is 11.7. The van der Waals surface area contributed by atoms with E-state index in [4.69, 9.17) is 9.26 Å². The highest BCUT2D eigenvalue weighted by Crippen LogP contribution is 2.16. The Kier molecular flexibility index (Phi) is 5.25. The van der Waals surface area contributed by atoms with Gasteiger partial charge in [-0.3, -0.25) is 4.99 Å². The molecule has 1 N–H and O–H groups in total. The maximum Gasteiger partial charge on any atom is 0.228 e. The summed E-state index contributed by atoms with van der Waals surface area (Å²) in [6.07, 6.45) is 3.47. The molecule has 24 heavy (non-hydrogen) atoms. The molecule has 1 saturated heterocycles. The van der Waals surface area contributed by atoms with Crippen molar-refractivity contribution >= 4 is 5.96 Å². The molecule has 3 heterocycles. The van der Waals surface area contributed by atoms with Crippen molar-refractivity contribution in [3.63, 3.8) is 0 Å². The highest BCUT2D eigenvalue weighted by molar-refractivity contribution is 5.80. The molecule has 0 radical (unpaired) electrons. The van der Waals surface area contributed by atoms with Crippen LogP contribution < -0.4 is 10.1 Å². The van der Waals surface area contributed by atoms with Crippen molar-refractivity contribution in [2.75, 3.05) is 26.7 Å². The molecule has 1 aliphatic heterocycles. The lowest BCUT2D eigenvalue weighted by Gasteiger charge is -2.21. The summed E-state index contributed by atoms with van der Waals surface area (Å²) >= 11 is 0. The number of pyridine rings is 1. The Morgan fingerprint density at radius 1 is 1.50 bits per heavy atom. The molecular formula is C16H22N6O2. The normalized spacial score (nSPS) is 18.0. The van der Waals surface area contributed by atoms with Crippen LogP contribution in [0.4, 0.5) is 0 Å². The van der Waals surface area contributed by atoms with E-state index in [2.05, 4.69) is 30.3 Å². The number of nitrogens with one attached hydrogen (secondary N) is 1. The molecule has 8 nitrogen and oxygen atoms in total. The van der Waals surface area contributed by atoms with Crippen LogP contribution in [0.3, 0.4) is 0 Å². The van der Waals surface area contributed by atoms with E-state index in [-0.39, 0.29) is 6.10 Å². The molecule has 2 aromatic rings. The second-order valence-corrected chi connectivity index (χ2v) is 5.60. The molecule has 0 spiro atoms. The van der Waals surface area contributed by atoms with E-state index in [0.717, 1.165) is 25.5 Å². The molecule has 0 aliphatic carbocycles. The van der Waals surface area contributed by atoms with E-state index in [0.29, 0.717) is 30.6 Å². The number of ether oxygens (including phenoxy) is 1. The van der Waals surface area contributed by atoms with Crippen LogP contribution in [0, 0.1) is 6.92 Å². The predicted molar refractivity (Wildman–Crippen MR) is 88.9 cm³/mol. The van der Waals surface area contributed by atoms with Gasteiger partial charge in [0.05, 0.1) is 6.54 Å². The third-order valence-electron chi connectivity index (χ3n) is 3.77. The highest BCUT2D eigenvalue weighted by Gasteiger charge is 2.26. The Morgan fingerprint density at radius 3 is 3.12 bits per heavy atom. The SMILES string of the molecule is CN=C(NCCc1nc(C)no1)N1CCC(Oc2ccccn2)C1. The van der Waals surface area contributed by atoms with Crippen molar-refractivity contribution in [2.24, 2.45) is 4.99 Å². The van der Waals surface area contributed by atoms with Gasteiger partial charge in [0.25, 0.3) is 0 Å². The summed E-state index contributed by atoms with van der Waals surface area (Å²) in [7, 11) is 1.78. The van der Waals surface area contributed by atoms with Crippen LogP contribution in [0.2, 0.25) is 0 Å². The molecule has 1 aliphatic rings. The minimum atomic E-state index is 0.122. The van der Waals surface area contributed by atoms with Gasteiger partial charge in [0.15, 0.2) is 11.8 Å². The quantitative estimate of drug-likeness (QED) is 0.647. The average molecular weight is 330 g/mol. The summed E-state index contributed by atoms with van der Waals surface area (Å²) in [5.74, 6) is 2.81. The number of hydrogen-bond acceptors (Lipinski definition) is 6. The van der Waals surface area contributed by atoms with Crippen molar-refractivity contribution < 1.29 is 9.26 Å². The lowest BCUT2D eigenvalue weighted by molar-refractivity contribution is 0.205. The monoisotopic (exact) mass is 330 g/mol. The molecule has 0 saturated carbocycles. The van der Waals surface area contributed by atoms with Crippen molar-refractivity contribution in [1.82, 2.24) is 25.3 Å². The van der Waals surface area contributed by atoms with Crippen molar-refractivity contribution in [2.45, 2.75) is 25.9 Å². The molecule has 2 aromatic heterocycles. The van der Waals surface area contributed by atoms with E-state index in [1.54, 1.807) is 13.2 Å². The summed E-state index contributed by atoms with van der Waals surface area (Å²) in [4.78, 5) is 14.9. The molecule has 0 aromatic carbocycles. The van der Waals surface area contributed by atoms with Gasteiger partial charge in [0.1, 0.15) is 6.10 Å². The van der Waals surface area contributed by atoms with Gasteiger partial charge in [-0.25, -0.2) is 4.98 Å². The Hall–Kier alpha value is -2.64. The van der Waals surface area contributed by atoms with Crippen LogP contribution in [-0.4, -0.2) is 58.8 Å². The van der Waals surface area contributed by atoms with Gasteiger partial charge in [0.2, 0.25) is 11.8 Å². The number of guanidine groups is 1. The first kappa shape index (κ1) is 16.2. The number of aliphatic imine (C=N–C) groups is 1. The second-order valence-electron chi connectivity index (χ2n) is 5.60. The maximum atomic E-state index is 5.91. The number of likely N-dealkylation sites (tertiary alicyclic amines) is 1. The van der Waals surface area contributed by atoms with Gasteiger partial charge in [-0.05, 0) is 13.0 Å². The first-order valence-electron chi connectivity index (χ1n) is 8.07. The first-order valence-corrected chi connectivity index (χ1v) is 8.07. The average Bonchev–Trinajstić information content (AvgIpc) is 3.22. The Morgan fingerprint density at radius 2 is 2.42 bits per heavy atom. The fourth-order valence-electron chi connectivity index (χ4n) is 2.66. The lowest BCUT2D eigenvalue weighted by Crippen LogP contribution is -2.41. The molecule has 1 unspecified atom stereocenters. The number of hydrogen-bond donors (Lipinski definition) is 1. The molecule has 128 valence electrons. The zero-order valence-electron chi connectivity index (χ0n) is 14.0. The number of aromatic nitrogens is 3. The third kappa shape index (κ3) is 4.21. The summed E-state index contributed by atoms with van der Waals surface area (Å²) < 4.78 is 11.0. The van der Waals surface area contributed by atoms with E-state index >= 15 is 0 Å². The third-order valence-corrected chi connectivity index (χ3v) is 3.77. The molecule has 1 fully saturated rings. The summed E-state index contributed by atoms with van der Waals surface area (Å²) in [5.41, 5.74) is 0. The van der Waals surface area contributed by atoms with E-state index in [1.165, 1.54) is 0 Å². The Bertz CT molecular complexity index is 672. The topological polar surface area (TPSA) is 88.7 Å². The smallest absolute Gasteiger partial charge is 0.228 e. The number of rotatable bonds is 5. The fraction of sp³-hybridized carbons (Fsp3) is 0.500. The predicted octanol–water partition coefficient (Wildman–Crippen LogP) is 1.04. The van der Waals surface area contributed by atoms with E-state index in [9.17, 15) is 0 Å². The minimum Gasteiger partial charge on any atom is -0.472 e. The van der Waals surface area contributed by atoms with Crippen LogP contribution in [0.5, 0.6) is 5.88 Å². The van der Waals surface area contributed by atoms with E-state index < -0.39 is 0 Å². The highest BCUT2D eigenvalue weighted by atomic mass is 16.5. The van der Waals surface area contributed by atoms with Gasteiger partial charge >= 0.3 is 0 Å². The van der Waals surface area contributed by atoms with E-state index in [1.807, 2.05) is 25.1 Å². The van der Waals surface area contributed by atoms with Crippen LogP contribution in [0.1, 0.15) is 18.1 Å². The van der Waals surface area contributed by atoms with Crippen molar-refractivity contribution in [1.29, 1.82) is 0 Å². The Labute approximate surface area is 140 Å².